The number of rotatable bonds is 11. The molecule has 3 aromatic carbocycles. The van der Waals surface area contributed by atoms with Crippen molar-refractivity contribution in [1.29, 1.82) is 0 Å². The van der Waals surface area contributed by atoms with Crippen LogP contribution >= 0.6 is 0 Å². The summed E-state index contributed by atoms with van der Waals surface area (Å²) in [6, 6.07) is 22.5. The van der Waals surface area contributed by atoms with Gasteiger partial charge in [-0.3, -0.25) is 10.3 Å². The Hall–Kier alpha value is -4.23. The zero-order valence-electron chi connectivity index (χ0n) is 18.4. The molecule has 0 amide bonds. The molecule has 2 N–H and O–H groups in total. The molecule has 0 aliphatic carbocycles. The molecule has 0 bridgehead atoms. The zero-order chi connectivity index (χ0) is 23.5. The van der Waals surface area contributed by atoms with Gasteiger partial charge in [-0.2, -0.15) is 0 Å². The Morgan fingerprint density at radius 1 is 0.970 bits per heavy atom. The predicted octanol–water partition coefficient (Wildman–Crippen LogP) is 4.90. The van der Waals surface area contributed by atoms with Gasteiger partial charge in [0.2, 0.25) is 0 Å². The Morgan fingerprint density at radius 3 is 2.36 bits per heavy atom. The van der Waals surface area contributed by atoms with Crippen molar-refractivity contribution in [1.82, 2.24) is 5.48 Å². The summed E-state index contributed by atoms with van der Waals surface area (Å²) in [5.41, 5.74) is 6.06. The van der Waals surface area contributed by atoms with Gasteiger partial charge in [-0.25, -0.2) is 4.79 Å². The van der Waals surface area contributed by atoms with Crippen molar-refractivity contribution in [2.75, 3.05) is 14.2 Å². The third-order valence-corrected chi connectivity index (χ3v) is 4.55. The zero-order valence-corrected chi connectivity index (χ0v) is 18.4. The fourth-order valence-electron chi connectivity index (χ4n) is 2.92. The van der Waals surface area contributed by atoms with Crippen LogP contribution in [0.2, 0.25) is 0 Å². The number of hydrogen-bond donors (Lipinski definition) is 2. The van der Waals surface area contributed by atoms with Crippen molar-refractivity contribution in [2.45, 2.75) is 6.61 Å². The standard InChI is InChI=1S/C26H25NO6/c1-30-25-16-23(14-10-21(25)11-15-26(28)29)32-17-19-8-12-22(13-9-19)33-18-24(27-31-2)20-6-4-3-5-7-20/h3-16,18,27H,17H2,1-2H3,(H,28,29). The minimum atomic E-state index is -1.02. The van der Waals surface area contributed by atoms with Crippen molar-refractivity contribution < 1.29 is 28.9 Å². The maximum absolute atomic E-state index is 10.7. The highest BCUT2D eigenvalue weighted by molar-refractivity contribution is 5.86. The summed E-state index contributed by atoms with van der Waals surface area (Å²) in [4.78, 5) is 15.8. The molecule has 0 aromatic heterocycles. The van der Waals surface area contributed by atoms with Crippen LogP contribution in [0, 0.1) is 0 Å². The molecule has 170 valence electrons. The number of benzene rings is 3. The number of methoxy groups -OCH3 is 1. The molecule has 0 heterocycles. The fraction of sp³-hybridized carbons (Fsp3) is 0.115. The summed E-state index contributed by atoms with van der Waals surface area (Å²) >= 11 is 0. The van der Waals surface area contributed by atoms with E-state index < -0.39 is 5.97 Å². The number of carbonyl (C=O) groups is 1. The third-order valence-electron chi connectivity index (χ3n) is 4.55. The normalized spacial score (nSPS) is 11.3. The first-order chi connectivity index (χ1) is 16.1. The second kappa shape index (κ2) is 12.0. The van der Waals surface area contributed by atoms with Crippen molar-refractivity contribution in [2.24, 2.45) is 0 Å². The van der Waals surface area contributed by atoms with Gasteiger partial charge in [0.1, 0.15) is 35.8 Å². The second-order valence-electron chi connectivity index (χ2n) is 6.83. The number of ether oxygens (including phenoxy) is 3. The van der Waals surface area contributed by atoms with E-state index in [0.29, 0.717) is 35.1 Å². The molecular weight excluding hydrogens is 422 g/mol. The number of aliphatic carboxylic acids is 1. The summed E-state index contributed by atoms with van der Waals surface area (Å²) in [5.74, 6) is 0.785. The first-order valence-electron chi connectivity index (χ1n) is 10.1. The van der Waals surface area contributed by atoms with E-state index in [-0.39, 0.29) is 0 Å². The Balaban J connectivity index is 1.61. The van der Waals surface area contributed by atoms with Crippen LogP contribution < -0.4 is 19.7 Å². The summed E-state index contributed by atoms with van der Waals surface area (Å²) < 4.78 is 16.9. The van der Waals surface area contributed by atoms with Crippen LogP contribution in [-0.2, 0) is 16.2 Å². The molecule has 7 nitrogen and oxygen atoms in total. The van der Waals surface area contributed by atoms with Crippen molar-refractivity contribution in [3.63, 3.8) is 0 Å². The first-order valence-corrected chi connectivity index (χ1v) is 10.1. The molecule has 3 rings (SSSR count). The highest BCUT2D eigenvalue weighted by atomic mass is 16.6. The van der Waals surface area contributed by atoms with E-state index >= 15 is 0 Å². The lowest BCUT2D eigenvalue weighted by Crippen LogP contribution is -2.11. The lowest BCUT2D eigenvalue weighted by atomic mass is 10.1. The van der Waals surface area contributed by atoms with Gasteiger partial charge in [0.25, 0.3) is 0 Å². The second-order valence-corrected chi connectivity index (χ2v) is 6.83. The van der Waals surface area contributed by atoms with E-state index in [1.807, 2.05) is 54.6 Å². The lowest BCUT2D eigenvalue weighted by molar-refractivity contribution is -0.131. The molecule has 0 radical (unpaired) electrons. The molecule has 33 heavy (non-hydrogen) atoms. The largest absolute Gasteiger partial charge is 0.496 e. The Morgan fingerprint density at radius 2 is 1.70 bits per heavy atom. The van der Waals surface area contributed by atoms with E-state index in [1.54, 1.807) is 31.6 Å². The first kappa shape index (κ1) is 23.4. The van der Waals surface area contributed by atoms with Gasteiger partial charge >= 0.3 is 5.97 Å². The summed E-state index contributed by atoms with van der Waals surface area (Å²) in [6.07, 6.45) is 4.13. The summed E-state index contributed by atoms with van der Waals surface area (Å²) in [7, 11) is 3.07. The number of hydrogen-bond acceptors (Lipinski definition) is 6. The Kier molecular flexibility index (Phi) is 8.50. The highest BCUT2D eigenvalue weighted by Gasteiger charge is 2.05. The smallest absolute Gasteiger partial charge is 0.328 e. The van der Waals surface area contributed by atoms with Crippen molar-refractivity contribution in [3.8, 4) is 17.2 Å². The van der Waals surface area contributed by atoms with E-state index in [4.69, 9.17) is 24.2 Å². The monoisotopic (exact) mass is 447 g/mol. The van der Waals surface area contributed by atoms with Gasteiger partial charge in [-0.05, 0) is 35.9 Å². The molecule has 3 aromatic rings. The predicted molar refractivity (Wildman–Crippen MR) is 126 cm³/mol. The number of hydroxylamine groups is 1. The molecule has 0 aliphatic heterocycles. The minimum Gasteiger partial charge on any atom is -0.496 e. The average molecular weight is 447 g/mol. The van der Waals surface area contributed by atoms with E-state index in [9.17, 15) is 4.79 Å². The van der Waals surface area contributed by atoms with Crippen LogP contribution in [0.3, 0.4) is 0 Å². The van der Waals surface area contributed by atoms with Crippen LogP contribution in [0.15, 0.2) is 85.1 Å². The van der Waals surface area contributed by atoms with Gasteiger partial charge in [-0.15, -0.1) is 0 Å². The fourth-order valence-corrected chi connectivity index (χ4v) is 2.92. The molecule has 7 heteroatoms. The van der Waals surface area contributed by atoms with Crippen molar-refractivity contribution in [3.05, 3.63) is 102 Å². The molecule has 0 spiro atoms. The molecule has 0 aliphatic rings. The average Bonchev–Trinajstić information content (AvgIpc) is 2.85. The Bertz CT molecular complexity index is 1110. The molecule has 0 saturated carbocycles. The van der Waals surface area contributed by atoms with Gasteiger partial charge in [-0.1, -0.05) is 42.5 Å². The SMILES string of the molecule is CONC(=COc1ccc(COc2ccc(C=CC(=O)O)c(OC)c2)cc1)c1ccccc1. The highest BCUT2D eigenvalue weighted by Crippen LogP contribution is 2.26. The van der Waals surface area contributed by atoms with Gasteiger partial charge in [0.15, 0.2) is 0 Å². The van der Waals surface area contributed by atoms with Gasteiger partial charge < -0.3 is 19.3 Å². The summed E-state index contributed by atoms with van der Waals surface area (Å²) in [5, 5.41) is 8.79. The maximum Gasteiger partial charge on any atom is 0.328 e. The van der Waals surface area contributed by atoms with E-state index in [1.165, 1.54) is 13.2 Å². The number of carboxylic acids is 1. The Labute approximate surface area is 192 Å². The molecular formula is C26H25NO6. The molecule has 0 fully saturated rings. The van der Waals surface area contributed by atoms with Crippen LogP contribution in [0.25, 0.3) is 11.8 Å². The number of nitrogens with one attached hydrogen (secondary N) is 1. The van der Waals surface area contributed by atoms with E-state index in [0.717, 1.165) is 17.2 Å². The quantitative estimate of drug-likeness (QED) is 0.246. The van der Waals surface area contributed by atoms with Crippen LogP contribution in [0.4, 0.5) is 0 Å². The minimum absolute atomic E-state index is 0.351. The van der Waals surface area contributed by atoms with E-state index in [2.05, 4.69) is 5.48 Å². The van der Waals surface area contributed by atoms with Crippen LogP contribution in [0.1, 0.15) is 16.7 Å². The maximum atomic E-state index is 10.7. The third kappa shape index (κ3) is 7.15. The summed E-state index contributed by atoms with van der Waals surface area (Å²) in [6.45, 7) is 0.351. The van der Waals surface area contributed by atoms with Gasteiger partial charge in [0.05, 0.1) is 14.2 Å². The van der Waals surface area contributed by atoms with Crippen molar-refractivity contribution >= 4 is 17.7 Å². The van der Waals surface area contributed by atoms with Crippen LogP contribution in [0.5, 0.6) is 17.2 Å². The molecule has 0 atom stereocenters. The molecule has 0 unspecified atom stereocenters. The van der Waals surface area contributed by atoms with Crippen LogP contribution in [-0.4, -0.2) is 25.3 Å². The topological polar surface area (TPSA) is 86.2 Å². The van der Waals surface area contributed by atoms with Gasteiger partial charge in [0, 0.05) is 23.3 Å². The lowest BCUT2D eigenvalue weighted by Gasteiger charge is -2.11. The molecule has 0 saturated heterocycles. The number of carboxylic acid groups (broad SMARTS) is 1.